The molecule has 0 spiro atoms. The first-order chi connectivity index (χ1) is 12.5. The molecule has 1 aliphatic rings. The Hall–Kier alpha value is -0.473. The predicted octanol–water partition coefficient (Wildman–Crippen LogP) is 4.01. The predicted molar refractivity (Wildman–Crippen MR) is 110 cm³/mol. The maximum Gasteiger partial charge on any atom is 0.500 e. The number of ether oxygens (including phenoxy) is 1. The van der Waals surface area contributed by atoms with Crippen molar-refractivity contribution in [1.29, 1.82) is 0 Å². The van der Waals surface area contributed by atoms with E-state index in [2.05, 4.69) is 39.6 Å². The van der Waals surface area contributed by atoms with Crippen molar-refractivity contribution in [2.45, 2.75) is 95.9 Å². The molecule has 0 atom stereocenters. The molecule has 0 N–H and O–H groups in total. The first-order valence-electron chi connectivity index (χ1n) is 10.1. The molecule has 0 aliphatic carbocycles. The minimum atomic E-state index is -2.46. The molecule has 6 nitrogen and oxygen atoms in total. The first-order valence-corrected chi connectivity index (χ1v) is 12.0. The van der Waals surface area contributed by atoms with Crippen molar-refractivity contribution in [2.75, 3.05) is 28.4 Å². The summed E-state index contributed by atoms with van der Waals surface area (Å²) in [6.07, 6.45) is 6.15. The van der Waals surface area contributed by atoms with E-state index in [4.69, 9.17) is 18.0 Å². The summed E-state index contributed by atoms with van der Waals surface area (Å²) in [6, 6.07) is 0.806. The number of hydrogen-bond acceptors (Lipinski definition) is 6. The molecule has 7 heteroatoms. The Labute approximate surface area is 167 Å². The number of nitrogens with zero attached hydrogens (tertiary/aromatic N) is 1. The summed E-state index contributed by atoms with van der Waals surface area (Å²) in [5, 5.41) is 0. The van der Waals surface area contributed by atoms with E-state index >= 15 is 0 Å². The number of carbonyl (C=O) groups is 1. The second kappa shape index (κ2) is 10.3. The van der Waals surface area contributed by atoms with Crippen LogP contribution < -0.4 is 0 Å². The van der Waals surface area contributed by atoms with Gasteiger partial charge in [-0.05, 0) is 47.6 Å². The summed E-state index contributed by atoms with van der Waals surface area (Å²) in [7, 11) is 4.62. The van der Waals surface area contributed by atoms with Gasteiger partial charge in [0.2, 0.25) is 0 Å². The lowest BCUT2D eigenvalue weighted by molar-refractivity contribution is -0.159. The van der Waals surface area contributed by atoms with Crippen LogP contribution in [0, 0.1) is 0 Å². The highest BCUT2D eigenvalue weighted by molar-refractivity contribution is 6.60. The van der Waals surface area contributed by atoms with Gasteiger partial charge in [-0.15, -0.1) is 0 Å². The molecule has 0 aromatic heterocycles. The molecule has 1 rings (SSSR count). The normalized spacial score (nSPS) is 20.6. The lowest BCUT2D eigenvalue weighted by Gasteiger charge is -2.53. The number of esters is 1. The largest absolute Gasteiger partial charge is 0.500 e. The number of piperidine rings is 1. The van der Waals surface area contributed by atoms with Gasteiger partial charge in [0.15, 0.2) is 0 Å². The average molecular weight is 404 g/mol. The number of hydrogen-bond donors (Lipinski definition) is 0. The molecule has 27 heavy (non-hydrogen) atoms. The van der Waals surface area contributed by atoms with Gasteiger partial charge in [0.25, 0.3) is 0 Å². The zero-order valence-electron chi connectivity index (χ0n) is 18.7. The van der Waals surface area contributed by atoms with Crippen LogP contribution in [0.15, 0.2) is 0 Å². The molecule has 0 unspecified atom stereocenters. The average Bonchev–Trinajstić information content (AvgIpc) is 2.59. The summed E-state index contributed by atoms with van der Waals surface area (Å²) < 4.78 is 22.1. The van der Waals surface area contributed by atoms with Crippen LogP contribution in [-0.2, 0) is 22.8 Å². The van der Waals surface area contributed by atoms with Crippen molar-refractivity contribution in [3.63, 3.8) is 0 Å². The molecule has 1 fully saturated rings. The van der Waals surface area contributed by atoms with E-state index in [0.29, 0.717) is 6.42 Å². The van der Waals surface area contributed by atoms with E-state index in [0.717, 1.165) is 44.6 Å². The van der Waals surface area contributed by atoms with Crippen LogP contribution in [0.25, 0.3) is 0 Å². The minimum Gasteiger partial charge on any atom is -0.462 e. The lowest BCUT2D eigenvalue weighted by atomic mass is 9.79. The van der Waals surface area contributed by atoms with Gasteiger partial charge in [-0.2, -0.15) is 0 Å². The van der Waals surface area contributed by atoms with Gasteiger partial charge in [0.1, 0.15) is 6.10 Å². The van der Waals surface area contributed by atoms with Gasteiger partial charge < -0.3 is 18.0 Å². The smallest absolute Gasteiger partial charge is 0.462 e. The number of carbonyl (C=O) groups excluding carboxylic acids is 1. The highest BCUT2D eigenvalue weighted by Crippen LogP contribution is 2.38. The molecular formula is C20H41NO5Si. The van der Waals surface area contributed by atoms with Gasteiger partial charge in [-0.25, -0.2) is 0 Å². The lowest BCUT2D eigenvalue weighted by Crippen LogP contribution is -2.60. The molecular weight excluding hydrogens is 362 g/mol. The molecule has 160 valence electrons. The number of likely N-dealkylation sites (tertiary alicyclic amines) is 1. The zero-order chi connectivity index (χ0) is 20.7. The SMILES string of the molecule is CO[Si](CCCCCCC(=O)OC1CC(C)(C)N(C)C(C)(C)C1)(OC)OC. The van der Waals surface area contributed by atoms with Crippen LogP contribution in [0.5, 0.6) is 0 Å². The highest BCUT2D eigenvalue weighted by atomic mass is 28.4. The Morgan fingerprint density at radius 3 is 1.89 bits per heavy atom. The fourth-order valence-electron chi connectivity index (χ4n) is 4.13. The van der Waals surface area contributed by atoms with E-state index in [1.807, 2.05) is 0 Å². The van der Waals surface area contributed by atoms with Gasteiger partial charge >= 0.3 is 14.8 Å². The Morgan fingerprint density at radius 1 is 0.926 bits per heavy atom. The van der Waals surface area contributed by atoms with Crippen molar-refractivity contribution in [3.8, 4) is 0 Å². The summed E-state index contributed by atoms with van der Waals surface area (Å²) in [5.74, 6) is -0.0643. The van der Waals surface area contributed by atoms with Crippen molar-refractivity contribution in [2.24, 2.45) is 0 Å². The van der Waals surface area contributed by atoms with E-state index in [-0.39, 0.29) is 23.2 Å². The van der Waals surface area contributed by atoms with E-state index in [9.17, 15) is 4.79 Å². The molecule has 1 heterocycles. The topological polar surface area (TPSA) is 57.2 Å². The van der Waals surface area contributed by atoms with Crippen molar-refractivity contribution in [1.82, 2.24) is 4.90 Å². The molecule has 0 saturated carbocycles. The van der Waals surface area contributed by atoms with Crippen LogP contribution in [-0.4, -0.2) is 65.2 Å². The number of rotatable bonds is 11. The standard InChI is InChI=1S/C20H41NO5Si/c1-19(2)15-17(16-20(3,4)21(19)5)26-18(22)13-11-9-10-12-14-27(23-6,24-7)25-8/h17H,9-16H2,1-8H3. The van der Waals surface area contributed by atoms with Crippen LogP contribution in [0.1, 0.15) is 72.6 Å². The van der Waals surface area contributed by atoms with Crippen LogP contribution in [0.4, 0.5) is 0 Å². The molecule has 1 aliphatic heterocycles. The van der Waals surface area contributed by atoms with E-state index in [1.165, 1.54) is 0 Å². The molecule has 0 amide bonds. The fourth-order valence-corrected chi connectivity index (χ4v) is 5.92. The van der Waals surface area contributed by atoms with Crippen LogP contribution in [0.2, 0.25) is 6.04 Å². The Bertz CT molecular complexity index is 439. The highest BCUT2D eigenvalue weighted by Gasteiger charge is 2.44. The van der Waals surface area contributed by atoms with Crippen LogP contribution >= 0.6 is 0 Å². The maximum atomic E-state index is 12.3. The summed E-state index contributed by atoms with van der Waals surface area (Å²) in [4.78, 5) is 14.7. The van der Waals surface area contributed by atoms with Gasteiger partial charge in [0.05, 0.1) is 0 Å². The van der Waals surface area contributed by atoms with Crippen LogP contribution in [0.3, 0.4) is 0 Å². The number of unbranched alkanes of at least 4 members (excludes halogenated alkanes) is 3. The molecule has 0 aromatic carbocycles. The van der Waals surface area contributed by atoms with E-state index < -0.39 is 8.80 Å². The van der Waals surface area contributed by atoms with Crippen molar-refractivity contribution >= 4 is 14.8 Å². The third kappa shape index (κ3) is 7.13. The second-order valence-electron chi connectivity index (χ2n) is 8.91. The first kappa shape index (κ1) is 24.6. The second-order valence-corrected chi connectivity index (χ2v) is 12.0. The third-order valence-electron chi connectivity index (χ3n) is 6.12. The summed E-state index contributed by atoms with van der Waals surface area (Å²) in [6.45, 7) is 8.88. The molecule has 0 bridgehead atoms. The van der Waals surface area contributed by atoms with Crippen molar-refractivity contribution < 1.29 is 22.8 Å². The molecule has 0 radical (unpaired) electrons. The molecule has 1 saturated heterocycles. The van der Waals surface area contributed by atoms with Gasteiger partial charge in [-0.3, -0.25) is 9.69 Å². The monoisotopic (exact) mass is 403 g/mol. The summed E-state index contributed by atoms with van der Waals surface area (Å²) in [5.41, 5.74) is 0.0697. The van der Waals surface area contributed by atoms with Gasteiger partial charge in [-0.1, -0.05) is 12.8 Å². The third-order valence-corrected chi connectivity index (χ3v) is 8.95. The minimum absolute atomic E-state index is 0.00965. The van der Waals surface area contributed by atoms with Gasteiger partial charge in [0, 0.05) is 57.7 Å². The Balaban J connectivity index is 2.28. The Morgan fingerprint density at radius 2 is 1.41 bits per heavy atom. The fraction of sp³-hybridized carbons (Fsp3) is 0.950. The summed E-state index contributed by atoms with van der Waals surface area (Å²) >= 11 is 0. The quantitative estimate of drug-likeness (QED) is 0.295. The molecule has 0 aromatic rings. The van der Waals surface area contributed by atoms with E-state index in [1.54, 1.807) is 21.3 Å². The Kier molecular flexibility index (Phi) is 9.41. The maximum absolute atomic E-state index is 12.3. The van der Waals surface area contributed by atoms with Crippen molar-refractivity contribution in [3.05, 3.63) is 0 Å². The zero-order valence-corrected chi connectivity index (χ0v) is 19.7.